The lowest BCUT2D eigenvalue weighted by Gasteiger charge is -2.34. The Kier molecular flexibility index (Phi) is 17.2. The number of piperazine rings is 2. The molecule has 278 valence electrons. The number of benzene rings is 1. The van der Waals surface area contributed by atoms with Crippen LogP contribution in [0, 0.1) is 10.1 Å². The molecule has 50 heavy (non-hydrogen) atoms. The molecule has 0 spiro atoms. The topological polar surface area (TPSA) is 208 Å². The van der Waals surface area contributed by atoms with Gasteiger partial charge in [-0.05, 0) is 19.9 Å². The van der Waals surface area contributed by atoms with Gasteiger partial charge in [0.15, 0.2) is 0 Å². The first-order valence-electron chi connectivity index (χ1n) is 16.8. The molecule has 0 saturated carbocycles. The molecule has 1 aromatic rings. The number of esters is 1. The van der Waals surface area contributed by atoms with Crippen LogP contribution in [0.4, 0.5) is 15.3 Å². The second-order valence-electron chi connectivity index (χ2n) is 11.5. The van der Waals surface area contributed by atoms with Gasteiger partial charge in [-0.25, -0.2) is 9.59 Å². The number of nitrogens with one attached hydrogen (secondary N) is 2. The normalized spacial score (nSPS) is 15.2. The van der Waals surface area contributed by atoms with E-state index >= 15 is 0 Å². The van der Waals surface area contributed by atoms with Crippen molar-refractivity contribution in [2.75, 3.05) is 98.5 Å². The fourth-order valence-corrected chi connectivity index (χ4v) is 5.20. The van der Waals surface area contributed by atoms with Crippen molar-refractivity contribution in [3.05, 3.63) is 39.4 Å². The molecule has 2 fully saturated rings. The number of hydrogen-bond donors (Lipinski definition) is 2. The maximum absolute atomic E-state index is 13.1. The van der Waals surface area contributed by atoms with E-state index in [0.29, 0.717) is 25.2 Å². The highest BCUT2D eigenvalue weighted by Gasteiger charge is 2.27. The van der Waals surface area contributed by atoms with E-state index in [2.05, 4.69) is 10.6 Å². The molecular formula is C32H48N6O12. The fourth-order valence-electron chi connectivity index (χ4n) is 5.20. The Labute approximate surface area is 290 Å². The zero-order valence-electron chi connectivity index (χ0n) is 28.7. The minimum Gasteiger partial charge on any atom is -0.463 e. The van der Waals surface area contributed by atoms with Crippen LogP contribution in [0.1, 0.15) is 42.6 Å². The third kappa shape index (κ3) is 13.8. The lowest BCUT2D eigenvalue weighted by atomic mass is 10.0. The Balaban J connectivity index is 1.26. The first-order chi connectivity index (χ1) is 24.1. The maximum Gasteiger partial charge on any atom is 0.409 e. The zero-order valence-corrected chi connectivity index (χ0v) is 28.7. The van der Waals surface area contributed by atoms with Crippen LogP contribution in [0.25, 0.3) is 0 Å². The van der Waals surface area contributed by atoms with E-state index in [1.54, 1.807) is 23.6 Å². The summed E-state index contributed by atoms with van der Waals surface area (Å²) in [6.45, 7) is 8.58. The van der Waals surface area contributed by atoms with Crippen LogP contribution in [0.3, 0.4) is 0 Å². The first kappa shape index (κ1) is 39.9. The summed E-state index contributed by atoms with van der Waals surface area (Å²) in [6.07, 6.45) is -1.64. The average Bonchev–Trinajstić information content (AvgIpc) is 3.11. The lowest BCUT2D eigenvalue weighted by Crippen LogP contribution is -2.50. The largest absolute Gasteiger partial charge is 0.463 e. The van der Waals surface area contributed by atoms with Gasteiger partial charge in [-0.1, -0.05) is 6.07 Å². The van der Waals surface area contributed by atoms with Gasteiger partial charge in [0.1, 0.15) is 19.3 Å². The highest BCUT2D eigenvalue weighted by molar-refractivity contribution is 5.95. The molecule has 0 bridgehead atoms. The molecule has 0 radical (unpaired) electrons. The Morgan fingerprint density at radius 1 is 0.860 bits per heavy atom. The number of alkyl carbamates (subject to hydrolysis) is 1. The van der Waals surface area contributed by atoms with Crippen molar-refractivity contribution >= 4 is 35.7 Å². The summed E-state index contributed by atoms with van der Waals surface area (Å²) < 4.78 is 26.2. The van der Waals surface area contributed by atoms with Crippen LogP contribution in [-0.2, 0) is 39.7 Å². The summed E-state index contributed by atoms with van der Waals surface area (Å²) in [7, 11) is 0. The number of nitrogens with zero attached hydrogens (tertiary/aromatic N) is 4. The third-order valence-corrected chi connectivity index (χ3v) is 7.82. The molecule has 18 nitrogen and oxygen atoms in total. The smallest absolute Gasteiger partial charge is 0.409 e. The van der Waals surface area contributed by atoms with Crippen molar-refractivity contribution in [1.82, 2.24) is 25.3 Å². The van der Waals surface area contributed by atoms with Crippen molar-refractivity contribution in [3.63, 3.8) is 0 Å². The number of rotatable bonds is 18. The van der Waals surface area contributed by atoms with Gasteiger partial charge in [-0.3, -0.25) is 24.5 Å². The lowest BCUT2D eigenvalue weighted by molar-refractivity contribution is -0.385. The predicted molar refractivity (Wildman–Crippen MR) is 177 cm³/mol. The molecule has 2 aliphatic rings. The second-order valence-corrected chi connectivity index (χ2v) is 11.5. The molecule has 2 N–H and O–H groups in total. The Bertz CT molecular complexity index is 1300. The number of hydrogen-bond acceptors (Lipinski definition) is 13. The molecule has 0 aliphatic carbocycles. The van der Waals surface area contributed by atoms with Crippen molar-refractivity contribution in [1.29, 1.82) is 0 Å². The summed E-state index contributed by atoms with van der Waals surface area (Å²) in [5.74, 6) is -1.18. The average molecular weight is 709 g/mol. The number of carbonyl (C=O) groups is 5. The number of ether oxygens (including phenoxy) is 5. The molecule has 3 rings (SSSR count). The van der Waals surface area contributed by atoms with Crippen LogP contribution >= 0.6 is 0 Å². The van der Waals surface area contributed by atoms with Crippen LogP contribution in [0.15, 0.2) is 18.2 Å². The number of nitro benzene ring substituents is 1. The van der Waals surface area contributed by atoms with Crippen molar-refractivity contribution in [2.24, 2.45) is 0 Å². The first-order valence-corrected chi connectivity index (χ1v) is 16.8. The Morgan fingerprint density at radius 2 is 1.48 bits per heavy atom. The molecule has 18 heteroatoms. The van der Waals surface area contributed by atoms with Gasteiger partial charge in [-0.2, -0.15) is 0 Å². The van der Waals surface area contributed by atoms with Gasteiger partial charge >= 0.3 is 18.2 Å². The quantitative estimate of drug-likeness (QED) is 0.0717. The zero-order chi connectivity index (χ0) is 36.3. The molecule has 0 aromatic heterocycles. The molecule has 2 heterocycles. The molecular weight excluding hydrogens is 660 g/mol. The molecule has 1 unspecified atom stereocenters. The van der Waals surface area contributed by atoms with Gasteiger partial charge in [-0.15, -0.1) is 0 Å². The summed E-state index contributed by atoms with van der Waals surface area (Å²) in [5, 5.41) is 17.4. The van der Waals surface area contributed by atoms with Gasteiger partial charge in [0, 0.05) is 88.9 Å². The van der Waals surface area contributed by atoms with Gasteiger partial charge in [0.25, 0.3) is 11.6 Å². The summed E-state index contributed by atoms with van der Waals surface area (Å²) in [4.78, 5) is 77.4. The monoisotopic (exact) mass is 708 g/mol. The predicted octanol–water partition coefficient (Wildman–Crippen LogP) is 0.955. The van der Waals surface area contributed by atoms with Crippen molar-refractivity contribution in [3.8, 4) is 0 Å². The van der Waals surface area contributed by atoms with Crippen LogP contribution in [-0.4, -0.2) is 154 Å². The highest BCUT2D eigenvalue weighted by Crippen LogP contribution is 2.24. The molecule has 2 aliphatic heterocycles. The molecule has 4 amide bonds. The standard InChI is InChI=1S/C32H48N6O12/c1-3-34-31(42)50-24(2)22-25-4-5-26(23-27(25)38(44)45)30(41)36-14-12-35(13-15-36)28(39)6-7-29(40)48-20-18-46-16-17-47-19-21-49-32(43)37-10-8-33-9-11-37/h4-5,23-24,33H,3,6-22H2,1-2H3,(H,34,42). The molecule has 1 atom stereocenters. The van der Waals surface area contributed by atoms with E-state index in [1.165, 1.54) is 23.1 Å². The van der Waals surface area contributed by atoms with E-state index in [-0.39, 0.29) is 108 Å². The van der Waals surface area contributed by atoms with E-state index in [1.807, 2.05) is 0 Å². The van der Waals surface area contributed by atoms with E-state index in [9.17, 15) is 34.1 Å². The fraction of sp³-hybridized carbons (Fsp3) is 0.656. The molecule has 1 aromatic carbocycles. The number of carbonyl (C=O) groups excluding carboxylic acids is 5. The van der Waals surface area contributed by atoms with E-state index in [0.717, 1.165) is 13.1 Å². The van der Waals surface area contributed by atoms with Crippen molar-refractivity contribution in [2.45, 2.75) is 39.2 Å². The summed E-state index contributed by atoms with van der Waals surface area (Å²) >= 11 is 0. The van der Waals surface area contributed by atoms with E-state index < -0.39 is 29.0 Å². The van der Waals surface area contributed by atoms with Crippen LogP contribution in [0.5, 0.6) is 0 Å². The van der Waals surface area contributed by atoms with Crippen LogP contribution in [0.2, 0.25) is 0 Å². The van der Waals surface area contributed by atoms with Gasteiger partial charge in [0.05, 0.1) is 37.8 Å². The number of nitro groups is 1. The van der Waals surface area contributed by atoms with Crippen LogP contribution < -0.4 is 10.6 Å². The highest BCUT2D eigenvalue weighted by atomic mass is 16.6. The minimum atomic E-state index is -0.626. The summed E-state index contributed by atoms with van der Waals surface area (Å²) in [5.41, 5.74) is 0.219. The minimum absolute atomic E-state index is 0.0260. The maximum atomic E-state index is 13.1. The molecule has 2 saturated heterocycles. The van der Waals surface area contributed by atoms with Gasteiger partial charge < -0.3 is 49.0 Å². The Hall–Kier alpha value is -4.55. The van der Waals surface area contributed by atoms with Gasteiger partial charge in [0.2, 0.25) is 5.91 Å². The summed E-state index contributed by atoms with van der Waals surface area (Å²) in [6, 6.07) is 4.21. The van der Waals surface area contributed by atoms with E-state index in [4.69, 9.17) is 23.7 Å². The second kappa shape index (κ2) is 21.5. The SMILES string of the molecule is CCNC(=O)OC(C)Cc1ccc(C(=O)N2CCN(C(=O)CCC(=O)OCCOCCOCCOC(=O)N3CCNCC3)CC2)cc1[N+](=O)[O-]. The van der Waals surface area contributed by atoms with Crippen molar-refractivity contribution < 1.29 is 52.6 Å². The third-order valence-electron chi connectivity index (χ3n) is 7.82. The number of amides is 4. The Morgan fingerprint density at radius 3 is 2.12 bits per heavy atom.